The zero-order valence-corrected chi connectivity index (χ0v) is 9.22. The molecule has 0 atom stereocenters. The van der Waals surface area contributed by atoms with Crippen molar-refractivity contribution < 1.29 is 0 Å². The lowest BCUT2D eigenvalue weighted by molar-refractivity contribution is 1.13. The molecule has 0 amide bonds. The van der Waals surface area contributed by atoms with E-state index in [1.807, 2.05) is 25.1 Å². The van der Waals surface area contributed by atoms with Gasteiger partial charge in [0.1, 0.15) is 0 Å². The third-order valence-corrected chi connectivity index (χ3v) is 3.01. The Bertz CT molecular complexity index is 613. The number of nitrogens with one attached hydrogen (secondary N) is 1. The number of H-pyrrole nitrogens is 1. The molecule has 0 fully saturated rings. The molecule has 78 valence electrons. The van der Waals surface area contributed by atoms with Crippen molar-refractivity contribution in [2.75, 3.05) is 19.0 Å². The van der Waals surface area contributed by atoms with Gasteiger partial charge in [-0.2, -0.15) is 0 Å². The third kappa shape index (κ3) is 1.78. The van der Waals surface area contributed by atoms with Crippen LogP contribution in [-0.2, 0) is 0 Å². The number of nitrogens with zero attached hydrogens (tertiary/aromatic N) is 1. The van der Waals surface area contributed by atoms with Gasteiger partial charge in [0.25, 0.3) is 5.56 Å². The van der Waals surface area contributed by atoms with Crippen LogP contribution in [0.2, 0.25) is 0 Å². The smallest absolute Gasteiger partial charge is 0.307 e. The second-order valence-corrected chi connectivity index (χ2v) is 4.43. The van der Waals surface area contributed by atoms with Gasteiger partial charge in [-0.3, -0.25) is 14.6 Å². The predicted octanol–water partition coefficient (Wildman–Crippen LogP) is 1.02. The molecule has 0 aliphatic heterocycles. The van der Waals surface area contributed by atoms with Crippen LogP contribution < -0.4 is 15.3 Å². The number of rotatable bonds is 1. The fraction of sp³-hybridized carbons (Fsp3) is 0.200. The Morgan fingerprint density at radius 2 is 2.00 bits per heavy atom. The summed E-state index contributed by atoms with van der Waals surface area (Å²) in [5, 5.41) is 0.561. The van der Waals surface area contributed by atoms with Gasteiger partial charge in [-0.05, 0) is 18.2 Å². The molecule has 4 nitrogen and oxygen atoms in total. The molecule has 0 bridgehead atoms. The molecule has 2 aromatic rings. The Labute approximate surface area is 89.8 Å². The third-order valence-electron chi connectivity index (χ3n) is 2.14. The van der Waals surface area contributed by atoms with E-state index in [1.54, 1.807) is 12.1 Å². The van der Waals surface area contributed by atoms with E-state index in [4.69, 9.17) is 0 Å². The molecule has 5 heteroatoms. The molecular formula is C10H10N2O2S. The van der Waals surface area contributed by atoms with Crippen LogP contribution >= 0.6 is 11.3 Å². The Morgan fingerprint density at radius 3 is 2.67 bits per heavy atom. The van der Waals surface area contributed by atoms with Crippen molar-refractivity contribution in [1.82, 2.24) is 4.98 Å². The first-order chi connectivity index (χ1) is 7.08. The normalized spacial score (nSPS) is 10.5. The fourth-order valence-electron chi connectivity index (χ4n) is 1.35. The summed E-state index contributed by atoms with van der Waals surface area (Å²) >= 11 is 1.05. The van der Waals surface area contributed by atoms with Gasteiger partial charge in [-0.1, -0.05) is 11.3 Å². The van der Waals surface area contributed by atoms with Crippen LogP contribution in [0.1, 0.15) is 0 Å². The standard InChI is InChI=1S/C10H10N2O2S/c1-12(2)6-3-4-8-7(5-6)9(13)11-10(14)15-8/h3-5H,1-2H3,(H,11,13,14). The lowest BCUT2D eigenvalue weighted by atomic mass is 10.2. The van der Waals surface area contributed by atoms with Gasteiger partial charge in [0.15, 0.2) is 0 Å². The van der Waals surface area contributed by atoms with Gasteiger partial charge in [-0.15, -0.1) is 0 Å². The zero-order chi connectivity index (χ0) is 11.0. The van der Waals surface area contributed by atoms with E-state index in [-0.39, 0.29) is 10.4 Å². The molecule has 0 spiro atoms. The molecule has 0 aliphatic rings. The van der Waals surface area contributed by atoms with Gasteiger partial charge in [0.2, 0.25) is 0 Å². The first-order valence-corrected chi connectivity index (χ1v) is 5.24. The summed E-state index contributed by atoms with van der Waals surface area (Å²) in [4.78, 5) is 26.4. The summed E-state index contributed by atoms with van der Waals surface area (Å²) in [6.45, 7) is 0. The van der Waals surface area contributed by atoms with Gasteiger partial charge >= 0.3 is 4.87 Å². The molecule has 15 heavy (non-hydrogen) atoms. The maximum atomic E-state index is 11.5. The van der Waals surface area contributed by atoms with Crippen LogP contribution in [0.3, 0.4) is 0 Å². The molecule has 1 heterocycles. The predicted molar refractivity (Wildman–Crippen MR) is 63.0 cm³/mol. The van der Waals surface area contributed by atoms with Gasteiger partial charge < -0.3 is 4.90 Å². The number of hydrogen-bond donors (Lipinski definition) is 1. The summed E-state index contributed by atoms with van der Waals surface area (Å²) in [5.41, 5.74) is 0.622. The Balaban J connectivity index is 2.83. The quantitative estimate of drug-likeness (QED) is 0.783. The maximum Gasteiger partial charge on any atom is 0.307 e. The topological polar surface area (TPSA) is 53.2 Å². The number of hydrogen-bond acceptors (Lipinski definition) is 4. The summed E-state index contributed by atoms with van der Waals surface area (Å²) in [6.07, 6.45) is 0. The van der Waals surface area contributed by atoms with Crippen LogP contribution in [0.25, 0.3) is 10.1 Å². The first-order valence-electron chi connectivity index (χ1n) is 4.42. The van der Waals surface area contributed by atoms with E-state index in [2.05, 4.69) is 4.98 Å². The number of benzene rings is 1. The molecule has 1 aromatic heterocycles. The maximum absolute atomic E-state index is 11.5. The summed E-state index contributed by atoms with van der Waals surface area (Å²) in [7, 11) is 3.81. The largest absolute Gasteiger partial charge is 0.378 e. The van der Waals surface area contributed by atoms with Gasteiger partial charge in [-0.25, -0.2) is 0 Å². The second-order valence-electron chi connectivity index (χ2n) is 3.42. The molecule has 1 aromatic carbocycles. The van der Waals surface area contributed by atoms with Crippen molar-refractivity contribution in [3.8, 4) is 0 Å². The number of fused-ring (bicyclic) bond motifs is 1. The van der Waals surface area contributed by atoms with Crippen molar-refractivity contribution in [1.29, 1.82) is 0 Å². The van der Waals surface area contributed by atoms with Crippen molar-refractivity contribution in [2.45, 2.75) is 0 Å². The van der Waals surface area contributed by atoms with E-state index in [0.717, 1.165) is 17.0 Å². The lowest BCUT2D eigenvalue weighted by Crippen LogP contribution is -2.16. The van der Waals surface area contributed by atoms with E-state index in [0.29, 0.717) is 10.1 Å². The van der Waals surface area contributed by atoms with Crippen molar-refractivity contribution in [3.05, 3.63) is 38.2 Å². The Morgan fingerprint density at radius 1 is 1.27 bits per heavy atom. The summed E-state index contributed by atoms with van der Waals surface area (Å²) in [5.74, 6) is 0. The van der Waals surface area contributed by atoms with Gasteiger partial charge in [0, 0.05) is 24.5 Å². The van der Waals surface area contributed by atoms with Crippen molar-refractivity contribution in [3.63, 3.8) is 0 Å². The van der Waals surface area contributed by atoms with Crippen LogP contribution in [0.15, 0.2) is 27.8 Å². The Hall–Kier alpha value is -1.62. The van der Waals surface area contributed by atoms with Crippen LogP contribution in [0.4, 0.5) is 5.69 Å². The second kappa shape index (κ2) is 3.51. The molecule has 2 rings (SSSR count). The highest BCUT2D eigenvalue weighted by atomic mass is 32.1. The summed E-state index contributed by atoms with van der Waals surface area (Å²) in [6, 6.07) is 5.47. The van der Waals surface area contributed by atoms with Crippen LogP contribution in [-0.4, -0.2) is 19.1 Å². The minimum atomic E-state index is -0.322. The minimum Gasteiger partial charge on any atom is -0.378 e. The molecular weight excluding hydrogens is 212 g/mol. The molecule has 0 aliphatic carbocycles. The number of aromatic nitrogens is 1. The lowest BCUT2D eigenvalue weighted by Gasteiger charge is -2.12. The monoisotopic (exact) mass is 222 g/mol. The van der Waals surface area contributed by atoms with Crippen LogP contribution in [0, 0.1) is 0 Å². The number of anilines is 1. The van der Waals surface area contributed by atoms with E-state index in [1.165, 1.54) is 0 Å². The molecule has 0 saturated heterocycles. The minimum absolute atomic E-state index is 0.315. The average Bonchev–Trinajstić information content (AvgIpc) is 2.16. The van der Waals surface area contributed by atoms with Crippen LogP contribution in [0.5, 0.6) is 0 Å². The van der Waals surface area contributed by atoms with Crippen molar-refractivity contribution in [2.24, 2.45) is 0 Å². The first kappa shape index (κ1) is 9.92. The fourth-order valence-corrected chi connectivity index (χ4v) is 2.09. The molecule has 0 radical (unpaired) electrons. The molecule has 0 saturated carbocycles. The van der Waals surface area contributed by atoms with E-state index >= 15 is 0 Å². The highest BCUT2D eigenvalue weighted by molar-refractivity contribution is 7.15. The SMILES string of the molecule is CN(C)c1ccc2sc(=O)[nH]c(=O)c2c1. The highest BCUT2D eigenvalue weighted by Crippen LogP contribution is 2.18. The molecule has 1 N–H and O–H groups in total. The van der Waals surface area contributed by atoms with E-state index < -0.39 is 0 Å². The summed E-state index contributed by atoms with van der Waals surface area (Å²) < 4.78 is 0.717. The zero-order valence-electron chi connectivity index (χ0n) is 8.40. The highest BCUT2D eigenvalue weighted by Gasteiger charge is 2.03. The Kier molecular flexibility index (Phi) is 2.32. The van der Waals surface area contributed by atoms with E-state index in [9.17, 15) is 9.59 Å². The van der Waals surface area contributed by atoms with Gasteiger partial charge in [0.05, 0.1) is 5.39 Å². The average molecular weight is 222 g/mol. The number of aromatic amines is 1. The molecule has 0 unspecified atom stereocenters. The van der Waals surface area contributed by atoms with Crippen molar-refractivity contribution >= 4 is 27.1 Å².